The lowest BCUT2D eigenvalue weighted by Gasteiger charge is -2.12. The van der Waals surface area contributed by atoms with Gasteiger partial charge in [-0.3, -0.25) is 14.4 Å². The zero-order chi connectivity index (χ0) is 19.2. The number of amides is 3. The highest BCUT2D eigenvalue weighted by molar-refractivity contribution is 7.09. The zero-order valence-corrected chi connectivity index (χ0v) is 15.5. The Hall–Kier alpha value is -3.13. The quantitative estimate of drug-likeness (QED) is 0.566. The number of furan rings is 1. The van der Waals surface area contributed by atoms with Crippen molar-refractivity contribution in [1.82, 2.24) is 16.0 Å². The second kappa shape index (κ2) is 8.50. The highest BCUT2D eigenvalue weighted by atomic mass is 32.1. The van der Waals surface area contributed by atoms with E-state index in [1.165, 1.54) is 11.3 Å². The Morgan fingerprint density at radius 3 is 2.59 bits per heavy atom. The summed E-state index contributed by atoms with van der Waals surface area (Å²) < 4.78 is 5.70. The Balaban J connectivity index is 1.44. The van der Waals surface area contributed by atoms with Gasteiger partial charge in [0.05, 0.1) is 19.1 Å². The van der Waals surface area contributed by atoms with Crippen LogP contribution in [0.5, 0.6) is 0 Å². The molecule has 3 rings (SSSR count). The normalized spacial score (nSPS) is 11.7. The largest absolute Gasteiger partial charge is 0.459 e. The van der Waals surface area contributed by atoms with Crippen molar-refractivity contribution in [2.45, 2.75) is 19.5 Å². The average Bonchev–Trinajstić information content (AvgIpc) is 3.33. The molecule has 140 valence electrons. The third-order valence-corrected chi connectivity index (χ3v) is 4.74. The van der Waals surface area contributed by atoms with Crippen LogP contribution < -0.4 is 16.0 Å². The van der Waals surface area contributed by atoms with E-state index in [2.05, 4.69) is 16.0 Å². The van der Waals surface area contributed by atoms with Gasteiger partial charge in [-0.05, 0) is 30.5 Å². The third kappa shape index (κ3) is 4.95. The molecule has 3 aromatic rings. The molecular weight excluding hydrogens is 366 g/mol. The lowest BCUT2D eigenvalue weighted by Crippen LogP contribution is -2.44. The molecule has 0 aliphatic rings. The van der Waals surface area contributed by atoms with Crippen molar-refractivity contribution < 1.29 is 18.8 Å². The highest BCUT2D eigenvalue weighted by Gasteiger charge is 2.17. The lowest BCUT2D eigenvalue weighted by atomic mass is 10.2. The molecule has 8 heteroatoms. The van der Waals surface area contributed by atoms with Crippen LogP contribution in [0.25, 0.3) is 11.0 Å². The fraction of sp³-hybridized carbons (Fsp3) is 0.211. The van der Waals surface area contributed by atoms with Crippen molar-refractivity contribution >= 4 is 40.0 Å². The Morgan fingerprint density at radius 2 is 1.85 bits per heavy atom. The Kier molecular flexibility index (Phi) is 5.87. The zero-order valence-electron chi connectivity index (χ0n) is 14.7. The maximum Gasteiger partial charge on any atom is 0.309 e. The standard InChI is InChI=1S/C19H19N3O4S/c1-12(16-9-13-5-2-3-7-15(13)26-16)22-17(23)11-21-19(25)18(24)20-10-14-6-4-8-27-14/h2-9,12H,10-11H2,1H3,(H,20,24)(H,21,25)(H,22,23)/t12-/m0/s1. The van der Waals surface area contributed by atoms with E-state index in [-0.39, 0.29) is 19.1 Å². The van der Waals surface area contributed by atoms with Crippen LogP contribution in [-0.2, 0) is 20.9 Å². The van der Waals surface area contributed by atoms with Gasteiger partial charge >= 0.3 is 11.8 Å². The Bertz CT molecular complexity index is 916. The van der Waals surface area contributed by atoms with Gasteiger partial charge < -0.3 is 20.4 Å². The molecular formula is C19H19N3O4S. The van der Waals surface area contributed by atoms with Crippen LogP contribution in [-0.4, -0.2) is 24.3 Å². The predicted molar refractivity (Wildman–Crippen MR) is 102 cm³/mol. The van der Waals surface area contributed by atoms with E-state index >= 15 is 0 Å². The van der Waals surface area contributed by atoms with Gasteiger partial charge in [-0.25, -0.2) is 0 Å². The molecule has 3 N–H and O–H groups in total. The monoisotopic (exact) mass is 385 g/mol. The summed E-state index contributed by atoms with van der Waals surface area (Å²) in [4.78, 5) is 36.4. The number of benzene rings is 1. The Morgan fingerprint density at radius 1 is 1.07 bits per heavy atom. The molecule has 0 saturated heterocycles. The van der Waals surface area contributed by atoms with Gasteiger partial charge in [0.15, 0.2) is 0 Å². The number of para-hydroxylation sites is 1. The fourth-order valence-electron chi connectivity index (χ4n) is 2.48. The van der Waals surface area contributed by atoms with Gasteiger partial charge in [0.2, 0.25) is 5.91 Å². The molecule has 0 unspecified atom stereocenters. The van der Waals surface area contributed by atoms with E-state index in [0.717, 1.165) is 15.8 Å². The van der Waals surface area contributed by atoms with Crippen LogP contribution >= 0.6 is 11.3 Å². The number of carbonyl (C=O) groups is 3. The van der Waals surface area contributed by atoms with Crippen LogP contribution in [0.15, 0.2) is 52.3 Å². The van der Waals surface area contributed by atoms with Crippen LogP contribution in [0.2, 0.25) is 0 Å². The minimum absolute atomic E-state index is 0.277. The maximum absolute atomic E-state index is 12.0. The molecule has 2 heterocycles. The summed E-state index contributed by atoms with van der Waals surface area (Å²) in [6.45, 7) is 1.76. The average molecular weight is 385 g/mol. The van der Waals surface area contributed by atoms with Gasteiger partial charge in [-0.2, -0.15) is 0 Å². The predicted octanol–water partition coefficient (Wildman–Crippen LogP) is 2.10. The van der Waals surface area contributed by atoms with Gasteiger partial charge in [-0.15, -0.1) is 11.3 Å². The molecule has 0 fully saturated rings. The molecule has 3 amide bonds. The number of carbonyl (C=O) groups excluding carboxylic acids is 3. The van der Waals surface area contributed by atoms with Gasteiger partial charge in [-0.1, -0.05) is 24.3 Å². The fourth-order valence-corrected chi connectivity index (χ4v) is 3.13. The topological polar surface area (TPSA) is 100 Å². The van der Waals surface area contributed by atoms with Crippen molar-refractivity contribution in [3.05, 3.63) is 58.5 Å². The van der Waals surface area contributed by atoms with Gasteiger partial charge in [0.25, 0.3) is 0 Å². The van der Waals surface area contributed by atoms with E-state index in [1.807, 2.05) is 47.8 Å². The van der Waals surface area contributed by atoms with Gasteiger partial charge in [0.1, 0.15) is 11.3 Å². The number of nitrogens with one attached hydrogen (secondary N) is 3. The first-order valence-electron chi connectivity index (χ1n) is 8.39. The van der Waals surface area contributed by atoms with E-state index in [0.29, 0.717) is 5.76 Å². The van der Waals surface area contributed by atoms with Crippen molar-refractivity contribution in [3.63, 3.8) is 0 Å². The lowest BCUT2D eigenvalue weighted by molar-refractivity contribution is -0.139. The van der Waals surface area contributed by atoms with E-state index in [1.54, 1.807) is 6.92 Å². The number of rotatable bonds is 6. The van der Waals surface area contributed by atoms with E-state index in [9.17, 15) is 14.4 Å². The number of hydrogen-bond acceptors (Lipinski definition) is 5. The summed E-state index contributed by atoms with van der Waals surface area (Å²) >= 11 is 1.48. The van der Waals surface area contributed by atoms with E-state index < -0.39 is 17.7 Å². The van der Waals surface area contributed by atoms with Crippen molar-refractivity contribution in [3.8, 4) is 0 Å². The first-order chi connectivity index (χ1) is 13.0. The van der Waals surface area contributed by atoms with Crippen molar-refractivity contribution in [2.24, 2.45) is 0 Å². The number of fused-ring (bicyclic) bond motifs is 1. The molecule has 0 aliphatic heterocycles. The molecule has 0 saturated carbocycles. The van der Waals surface area contributed by atoms with Crippen LogP contribution in [0.3, 0.4) is 0 Å². The van der Waals surface area contributed by atoms with Crippen LogP contribution in [0, 0.1) is 0 Å². The molecule has 0 spiro atoms. The van der Waals surface area contributed by atoms with Gasteiger partial charge in [0, 0.05) is 10.3 Å². The molecule has 0 bridgehead atoms. The highest BCUT2D eigenvalue weighted by Crippen LogP contribution is 2.23. The summed E-state index contributed by atoms with van der Waals surface area (Å²) in [7, 11) is 0. The minimum atomic E-state index is -0.849. The third-order valence-electron chi connectivity index (χ3n) is 3.87. The molecule has 7 nitrogen and oxygen atoms in total. The van der Waals surface area contributed by atoms with Crippen molar-refractivity contribution in [1.29, 1.82) is 0 Å². The smallest absolute Gasteiger partial charge is 0.309 e. The van der Waals surface area contributed by atoms with Crippen LogP contribution in [0.4, 0.5) is 0 Å². The molecule has 0 aliphatic carbocycles. The molecule has 2 aromatic heterocycles. The van der Waals surface area contributed by atoms with E-state index in [4.69, 9.17) is 4.42 Å². The maximum atomic E-state index is 12.0. The molecule has 1 atom stereocenters. The SMILES string of the molecule is C[C@H](NC(=O)CNC(=O)C(=O)NCc1cccs1)c1cc2ccccc2o1. The summed E-state index contributed by atoms with van der Waals surface area (Å²) in [5.41, 5.74) is 0.740. The molecule has 27 heavy (non-hydrogen) atoms. The first kappa shape index (κ1) is 18.7. The van der Waals surface area contributed by atoms with Crippen LogP contribution in [0.1, 0.15) is 23.6 Å². The second-order valence-electron chi connectivity index (χ2n) is 5.92. The Labute approximate surface area is 159 Å². The second-order valence-corrected chi connectivity index (χ2v) is 6.95. The number of hydrogen-bond donors (Lipinski definition) is 3. The summed E-state index contributed by atoms with van der Waals surface area (Å²) in [6.07, 6.45) is 0. The number of thiophene rings is 1. The first-order valence-corrected chi connectivity index (χ1v) is 9.27. The summed E-state index contributed by atoms with van der Waals surface area (Å²) in [5, 5.41) is 10.4. The summed E-state index contributed by atoms with van der Waals surface area (Å²) in [6, 6.07) is 12.8. The summed E-state index contributed by atoms with van der Waals surface area (Å²) in [5.74, 6) is -1.42. The molecule has 0 radical (unpaired) electrons. The van der Waals surface area contributed by atoms with Crippen molar-refractivity contribution in [2.75, 3.05) is 6.54 Å². The molecule has 1 aromatic carbocycles. The minimum Gasteiger partial charge on any atom is -0.459 e.